The molecule has 4 atom stereocenters. The lowest BCUT2D eigenvalue weighted by atomic mass is 9.84. The van der Waals surface area contributed by atoms with Crippen molar-refractivity contribution in [2.75, 3.05) is 13.1 Å². The third-order valence-electron chi connectivity index (χ3n) is 6.31. The number of alkyl halides is 1. The Bertz CT molecular complexity index is 948. The molecule has 0 bridgehead atoms. The lowest BCUT2D eigenvalue weighted by Crippen LogP contribution is -2.52. The van der Waals surface area contributed by atoms with Crippen molar-refractivity contribution in [1.29, 1.82) is 0 Å². The Kier molecular flexibility index (Phi) is 6.14. The van der Waals surface area contributed by atoms with Crippen LogP contribution in [0.5, 0.6) is 0 Å². The summed E-state index contributed by atoms with van der Waals surface area (Å²) in [5.41, 5.74) is 2.49. The molecule has 3 unspecified atom stereocenters. The Labute approximate surface area is 186 Å². The van der Waals surface area contributed by atoms with E-state index in [4.69, 9.17) is 11.6 Å². The van der Waals surface area contributed by atoms with E-state index < -0.39 is 11.9 Å². The molecule has 2 heterocycles. The quantitative estimate of drug-likeness (QED) is 0.500. The molecular formula is C23H26ClN3O4. The Morgan fingerprint density at radius 3 is 2.81 bits per heavy atom. The topological polar surface area (TPSA) is 95.6 Å². The first kappa shape index (κ1) is 21.6. The number of fused-ring (bicyclic) bond motifs is 1. The van der Waals surface area contributed by atoms with Gasteiger partial charge in [-0.1, -0.05) is 37.3 Å². The number of carbonyl (C=O) groups excluding carboxylic acids is 4. The second kappa shape index (κ2) is 8.83. The fourth-order valence-corrected chi connectivity index (χ4v) is 4.64. The molecule has 31 heavy (non-hydrogen) atoms. The molecule has 2 N–H and O–H groups in total. The molecule has 2 saturated heterocycles. The summed E-state index contributed by atoms with van der Waals surface area (Å²) in [4.78, 5) is 50.4. The second-order valence-electron chi connectivity index (χ2n) is 8.57. The number of nitrogens with one attached hydrogen (secondary N) is 2. The minimum Gasteiger partial charge on any atom is -0.355 e. The van der Waals surface area contributed by atoms with E-state index in [2.05, 4.69) is 10.6 Å². The van der Waals surface area contributed by atoms with E-state index in [0.717, 1.165) is 17.6 Å². The van der Waals surface area contributed by atoms with Gasteiger partial charge in [-0.2, -0.15) is 0 Å². The predicted molar refractivity (Wildman–Crippen MR) is 116 cm³/mol. The van der Waals surface area contributed by atoms with Crippen molar-refractivity contribution < 1.29 is 19.2 Å². The Morgan fingerprint density at radius 1 is 1.29 bits per heavy atom. The number of likely N-dealkylation sites (tertiary alicyclic amines) is 1. The highest BCUT2D eigenvalue weighted by Crippen LogP contribution is 2.35. The minimum absolute atomic E-state index is 0.00336. The van der Waals surface area contributed by atoms with E-state index in [0.29, 0.717) is 31.5 Å². The largest absolute Gasteiger partial charge is 0.355 e. The lowest BCUT2D eigenvalue weighted by molar-refractivity contribution is -0.142. The molecule has 4 amide bonds. The molecule has 0 spiro atoms. The second-order valence-corrected chi connectivity index (χ2v) is 9.13. The number of allylic oxidation sites excluding steroid dienone is 4. The Hall–Kier alpha value is -2.67. The summed E-state index contributed by atoms with van der Waals surface area (Å²) in [6.45, 7) is 2.85. The van der Waals surface area contributed by atoms with Gasteiger partial charge in [0.25, 0.3) is 5.91 Å². The zero-order valence-electron chi connectivity index (χ0n) is 17.4. The fraction of sp³-hybridized carbons (Fsp3) is 0.478. The van der Waals surface area contributed by atoms with Gasteiger partial charge in [-0.25, -0.2) is 0 Å². The molecule has 2 aliphatic carbocycles. The number of imide groups is 1. The summed E-state index contributed by atoms with van der Waals surface area (Å²) in [5, 5.41) is 5.31. The molecule has 0 radical (unpaired) electrons. The van der Waals surface area contributed by atoms with Crippen LogP contribution in [0.4, 0.5) is 0 Å². The number of rotatable bonds is 5. The normalized spacial score (nSPS) is 30.3. The number of nitrogens with zero attached hydrogens (tertiary/aromatic N) is 1. The highest BCUT2D eigenvalue weighted by Gasteiger charge is 2.42. The third kappa shape index (κ3) is 4.66. The maximum atomic E-state index is 12.9. The van der Waals surface area contributed by atoms with Gasteiger partial charge < -0.3 is 10.2 Å². The molecule has 164 valence electrons. The van der Waals surface area contributed by atoms with Gasteiger partial charge in [0.2, 0.25) is 17.7 Å². The van der Waals surface area contributed by atoms with E-state index in [1.807, 2.05) is 37.3 Å². The molecule has 0 saturated carbocycles. The van der Waals surface area contributed by atoms with Gasteiger partial charge in [0.05, 0.1) is 11.8 Å². The number of hydrogen-bond acceptors (Lipinski definition) is 4. The summed E-state index contributed by atoms with van der Waals surface area (Å²) in [7, 11) is 0. The van der Waals surface area contributed by atoms with Crippen LogP contribution >= 0.6 is 11.6 Å². The Morgan fingerprint density at radius 2 is 2.10 bits per heavy atom. The summed E-state index contributed by atoms with van der Waals surface area (Å²) in [6.07, 6.45) is 11.4. The van der Waals surface area contributed by atoms with Crippen LogP contribution in [0, 0.1) is 11.8 Å². The van der Waals surface area contributed by atoms with Crippen LogP contribution in [0.3, 0.4) is 0 Å². The van der Waals surface area contributed by atoms with Crippen molar-refractivity contribution >= 4 is 35.2 Å². The molecule has 7 nitrogen and oxygen atoms in total. The molecule has 4 aliphatic rings. The smallest absolute Gasteiger partial charge is 0.254 e. The fourth-order valence-electron chi connectivity index (χ4n) is 4.48. The first-order chi connectivity index (χ1) is 14.8. The van der Waals surface area contributed by atoms with Gasteiger partial charge in [0.15, 0.2) is 0 Å². The SMILES string of the molecule is CC1C=C2C(=O)N(C3CCC(=O)NC3=O)CC2=CC1CNC(=O)CC1=CC[C@H](Cl)C=C1. The van der Waals surface area contributed by atoms with Crippen LogP contribution in [0.2, 0.25) is 0 Å². The number of hydrogen-bond donors (Lipinski definition) is 2. The van der Waals surface area contributed by atoms with Crippen LogP contribution in [0.1, 0.15) is 32.6 Å². The van der Waals surface area contributed by atoms with Crippen molar-refractivity contribution in [3.05, 3.63) is 47.1 Å². The van der Waals surface area contributed by atoms with Gasteiger partial charge in [-0.15, -0.1) is 11.6 Å². The zero-order chi connectivity index (χ0) is 22.1. The van der Waals surface area contributed by atoms with Gasteiger partial charge in [0, 0.05) is 31.0 Å². The van der Waals surface area contributed by atoms with Gasteiger partial charge in [-0.05, 0) is 29.9 Å². The average molecular weight is 444 g/mol. The van der Waals surface area contributed by atoms with E-state index in [-0.39, 0.29) is 41.4 Å². The Balaban J connectivity index is 1.36. The first-order valence-electron chi connectivity index (χ1n) is 10.7. The van der Waals surface area contributed by atoms with Crippen molar-refractivity contribution in [2.24, 2.45) is 11.8 Å². The van der Waals surface area contributed by atoms with Crippen molar-refractivity contribution in [3.63, 3.8) is 0 Å². The van der Waals surface area contributed by atoms with Gasteiger partial charge in [-0.3, -0.25) is 24.5 Å². The van der Waals surface area contributed by atoms with Crippen LogP contribution in [0.15, 0.2) is 47.1 Å². The van der Waals surface area contributed by atoms with E-state index in [9.17, 15) is 19.2 Å². The maximum Gasteiger partial charge on any atom is 0.254 e. The van der Waals surface area contributed by atoms with Crippen LogP contribution in [-0.4, -0.2) is 53.0 Å². The van der Waals surface area contributed by atoms with Crippen LogP contribution < -0.4 is 10.6 Å². The third-order valence-corrected chi connectivity index (χ3v) is 6.63. The molecule has 0 aromatic carbocycles. The number of carbonyl (C=O) groups is 4. The first-order valence-corrected chi connectivity index (χ1v) is 11.1. The van der Waals surface area contributed by atoms with Crippen molar-refractivity contribution in [3.8, 4) is 0 Å². The molecule has 2 aliphatic heterocycles. The monoisotopic (exact) mass is 443 g/mol. The summed E-state index contributed by atoms with van der Waals surface area (Å²) in [5.74, 6) is -0.764. The van der Waals surface area contributed by atoms with E-state index in [1.165, 1.54) is 0 Å². The standard InChI is InChI=1S/C23H26ClN3O4/c1-13-8-18-16(12-27(23(18)31)19-6-7-20(28)26-22(19)30)10-15(13)11-25-21(29)9-14-2-4-17(24)5-3-14/h2-4,8,10,13,15,17,19H,5-7,9,11-12H2,1H3,(H,25,29)(H,26,28,30)/t13?,15?,17-,19?/m1/s1. The average Bonchev–Trinajstić information content (AvgIpc) is 3.03. The molecule has 2 fully saturated rings. The van der Waals surface area contributed by atoms with Crippen LogP contribution in [0.25, 0.3) is 0 Å². The minimum atomic E-state index is -0.615. The van der Waals surface area contributed by atoms with Crippen molar-refractivity contribution in [2.45, 2.75) is 44.0 Å². The number of piperidine rings is 1. The molecular weight excluding hydrogens is 418 g/mol. The number of halogens is 1. The molecule has 0 aromatic rings. The van der Waals surface area contributed by atoms with Gasteiger partial charge in [0.1, 0.15) is 6.04 Å². The summed E-state index contributed by atoms with van der Waals surface area (Å²) in [6, 6.07) is -0.615. The zero-order valence-corrected chi connectivity index (χ0v) is 18.2. The lowest BCUT2D eigenvalue weighted by Gasteiger charge is -2.28. The highest BCUT2D eigenvalue weighted by molar-refractivity contribution is 6.22. The van der Waals surface area contributed by atoms with Gasteiger partial charge >= 0.3 is 0 Å². The summed E-state index contributed by atoms with van der Waals surface area (Å²) < 4.78 is 0. The molecule has 0 aromatic heterocycles. The van der Waals surface area contributed by atoms with Crippen molar-refractivity contribution in [1.82, 2.24) is 15.5 Å². The predicted octanol–water partition coefficient (Wildman–Crippen LogP) is 1.75. The summed E-state index contributed by atoms with van der Waals surface area (Å²) >= 11 is 6.02. The highest BCUT2D eigenvalue weighted by atomic mass is 35.5. The number of amides is 4. The molecule has 4 rings (SSSR count). The maximum absolute atomic E-state index is 12.9. The van der Waals surface area contributed by atoms with E-state index in [1.54, 1.807) is 4.90 Å². The van der Waals surface area contributed by atoms with E-state index >= 15 is 0 Å². The van der Waals surface area contributed by atoms with Crippen LogP contribution in [-0.2, 0) is 19.2 Å². The molecule has 8 heteroatoms.